The SMILES string of the molecule is Cc1[nH]ncc1S(=O)(=O)N1CCC(C)(C(N)=O)C1. The summed E-state index contributed by atoms with van der Waals surface area (Å²) in [6, 6.07) is 0. The second-order valence-corrected chi connectivity index (χ2v) is 6.78. The maximum Gasteiger partial charge on any atom is 0.246 e. The molecule has 1 atom stereocenters. The molecule has 0 radical (unpaired) electrons. The van der Waals surface area contributed by atoms with Crippen LogP contribution in [-0.4, -0.2) is 41.9 Å². The number of sulfonamides is 1. The van der Waals surface area contributed by atoms with Crippen LogP contribution in [0.25, 0.3) is 0 Å². The summed E-state index contributed by atoms with van der Waals surface area (Å²) in [6.45, 7) is 3.75. The molecule has 3 N–H and O–H groups in total. The summed E-state index contributed by atoms with van der Waals surface area (Å²) in [5.41, 5.74) is 5.01. The Morgan fingerprint density at radius 2 is 2.28 bits per heavy atom. The first-order valence-corrected chi connectivity index (χ1v) is 7.01. The van der Waals surface area contributed by atoms with Gasteiger partial charge >= 0.3 is 0 Å². The van der Waals surface area contributed by atoms with Crippen molar-refractivity contribution in [3.8, 4) is 0 Å². The van der Waals surface area contributed by atoms with Crippen LogP contribution in [0.4, 0.5) is 0 Å². The average Bonchev–Trinajstić information content (AvgIpc) is 2.86. The highest BCUT2D eigenvalue weighted by Crippen LogP contribution is 2.33. The predicted octanol–water partition coefficient (Wildman–Crippen LogP) is -0.396. The second kappa shape index (κ2) is 4.06. The molecule has 0 bridgehead atoms. The Morgan fingerprint density at radius 3 is 2.72 bits per heavy atom. The number of hydrogen-bond acceptors (Lipinski definition) is 4. The Morgan fingerprint density at radius 1 is 1.61 bits per heavy atom. The van der Waals surface area contributed by atoms with Crippen LogP contribution in [0.5, 0.6) is 0 Å². The number of aromatic amines is 1. The quantitative estimate of drug-likeness (QED) is 0.780. The first kappa shape index (κ1) is 13.0. The molecular formula is C10H16N4O3S. The number of primary amides is 1. The molecule has 2 rings (SSSR count). The van der Waals surface area contributed by atoms with Crippen molar-refractivity contribution in [3.05, 3.63) is 11.9 Å². The zero-order chi connectivity index (χ0) is 13.6. The molecule has 1 aliphatic heterocycles. The standard InChI is InChI=1S/C10H16N4O3S/c1-7-8(5-12-13-7)18(16,17)14-4-3-10(2,6-14)9(11)15/h5H,3-4,6H2,1-2H3,(H2,11,15)(H,12,13). The molecule has 1 unspecified atom stereocenters. The summed E-state index contributed by atoms with van der Waals surface area (Å²) in [6.07, 6.45) is 1.73. The minimum absolute atomic E-state index is 0.120. The van der Waals surface area contributed by atoms with E-state index in [1.165, 1.54) is 10.5 Å². The Balaban J connectivity index is 2.30. The van der Waals surface area contributed by atoms with E-state index < -0.39 is 21.3 Å². The van der Waals surface area contributed by atoms with Gasteiger partial charge in [-0.25, -0.2) is 8.42 Å². The number of nitrogens with zero attached hydrogens (tertiary/aromatic N) is 2. The van der Waals surface area contributed by atoms with Crippen LogP contribution in [0.2, 0.25) is 0 Å². The van der Waals surface area contributed by atoms with Crippen molar-refractivity contribution in [2.45, 2.75) is 25.2 Å². The van der Waals surface area contributed by atoms with Crippen LogP contribution in [0.15, 0.2) is 11.1 Å². The topological polar surface area (TPSA) is 109 Å². The van der Waals surface area contributed by atoms with Gasteiger partial charge in [-0.05, 0) is 20.3 Å². The molecule has 8 heteroatoms. The van der Waals surface area contributed by atoms with Crippen molar-refractivity contribution in [1.82, 2.24) is 14.5 Å². The number of nitrogens with one attached hydrogen (secondary N) is 1. The molecule has 7 nitrogen and oxygen atoms in total. The Labute approximate surface area is 105 Å². The van der Waals surface area contributed by atoms with Gasteiger partial charge in [-0.15, -0.1) is 0 Å². The van der Waals surface area contributed by atoms with Crippen molar-refractivity contribution in [3.63, 3.8) is 0 Å². The van der Waals surface area contributed by atoms with E-state index in [0.717, 1.165) is 0 Å². The molecule has 0 saturated carbocycles. The third-order valence-electron chi connectivity index (χ3n) is 3.43. The van der Waals surface area contributed by atoms with Gasteiger partial charge in [0.05, 0.1) is 17.3 Å². The third-order valence-corrected chi connectivity index (χ3v) is 5.39. The summed E-state index contributed by atoms with van der Waals surface area (Å²) >= 11 is 0. The smallest absolute Gasteiger partial charge is 0.246 e. The van der Waals surface area contributed by atoms with Gasteiger partial charge in [0.2, 0.25) is 15.9 Å². The van der Waals surface area contributed by atoms with Crippen LogP contribution in [0.3, 0.4) is 0 Å². The minimum Gasteiger partial charge on any atom is -0.369 e. The molecule has 1 aromatic rings. The molecule has 2 heterocycles. The molecule has 0 spiro atoms. The van der Waals surface area contributed by atoms with Gasteiger partial charge in [-0.3, -0.25) is 9.89 Å². The molecule has 18 heavy (non-hydrogen) atoms. The van der Waals surface area contributed by atoms with E-state index >= 15 is 0 Å². The summed E-state index contributed by atoms with van der Waals surface area (Å²) in [5.74, 6) is -0.468. The zero-order valence-electron chi connectivity index (χ0n) is 10.3. The number of carbonyl (C=O) groups excluding carboxylic acids is 1. The number of carbonyl (C=O) groups is 1. The van der Waals surface area contributed by atoms with E-state index in [0.29, 0.717) is 18.7 Å². The summed E-state index contributed by atoms with van der Waals surface area (Å²) in [7, 11) is -3.60. The zero-order valence-corrected chi connectivity index (χ0v) is 11.1. The van der Waals surface area contributed by atoms with Gasteiger partial charge in [-0.1, -0.05) is 0 Å². The molecule has 1 saturated heterocycles. The molecule has 0 aromatic carbocycles. The molecule has 100 valence electrons. The third kappa shape index (κ3) is 1.91. The van der Waals surface area contributed by atoms with Crippen LogP contribution < -0.4 is 5.73 Å². The summed E-state index contributed by atoms with van der Waals surface area (Å²) in [5, 5.41) is 6.30. The van der Waals surface area contributed by atoms with E-state index in [1.807, 2.05) is 0 Å². The van der Waals surface area contributed by atoms with E-state index in [9.17, 15) is 13.2 Å². The van der Waals surface area contributed by atoms with E-state index in [4.69, 9.17) is 5.73 Å². The van der Waals surface area contributed by atoms with Crippen molar-refractivity contribution < 1.29 is 13.2 Å². The van der Waals surface area contributed by atoms with Gasteiger partial charge in [0, 0.05) is 13.1 Å². The number of H-pyrrole nitrogens is 1. The fourth-order valence-electron chi connectivity index (χ4n) is 2.06. The van der Waals surface area contributed by atoms with Crippen molar-refractivity contribution in [2.24, 2.45) is 11.1 Å². The fourth-order valence-corrected chi connectivity index (χ4v) is 3.75. The van der Waals surface area contributed by atoms with Crippen molar-refractivity contribution >= 4 is 15.9 Å². The number of hydrogen-bond donors (Lipinski definition) is 2. The Kier molecular flexibility index (Phi) is 2.94. The van der Waals surface area contributed by atoms with Crippen LogP contribution >= 0.6 is 0 Å². The monoisotopic (exact) mass is 272 g/mol. The summed E-state index contributed by atoms with van der Waals surface area (Å²) < 4.78 is 26.0. The fraction of sp³-hybridized carbons (Fsp3) is 0.600. The van der Waals surface area contributed by atoms with E-state index in [-0.39, 0.29) is 11.4 Å². The van der Waals surface area contributed by atoms with Crippen molar-refractivity contribution in [2.75, 3.05) is 13.1 Å². The molecule has 1 aromatic heterocycles. The second-order valence-electron chi connectivity index (χ2n) is 4.87. The lowest BCUT2D eigenvalue weighted by molar-refractivity contribution is -0.126. The number of aryl methyl sites for hydroxylation is 1. The lowest BCUT2D eigenvalue weighted by Gasteiger charge is -2.20. The summed E-state index contributed by atoms with van der Waals surface area (Å²) in [4.78, 5) is 11.5. The molecule has 1 amide bonds. The maximum atomic E-state index is 12.3. The lowest BCUT2D eigenvalue weighted by atomic mass is 9.89. The highest BCUT2D eigenvalue weighted by atomic mass is 32.2. The molecule has 1 aliphatic rings. The predicted molar refractivity (Wildman–Crippen MR) is 64.0 cm³/mol. The van der Waals surface area contributed by atoms with E-state index in [1.54, 1.807) is 13.8 Å². The molecule has 1 fully saturated rings. The average molecular weight is 272 g/mol. The number of nitrogens with two attached hydrogens (primary N) is 1. The van der Waals surface area contributed by atoms with Gasteiger partial charge < -0.3 is 5.73 Å². The maximum absolute atomic E-state index is 12.3. The van der Waals surface area contributed by atoms with Gasteiger partial charge in [0.25, 0.3) is 0 Å². The minimum atomic E-state index is -3.60. The first-order chi connectivity index (χ1) is 8.27. The van der Waals surface area contributed by atoms with Gasteiger partial charge in [0.1, 0.15) is 4.90 Å². The van der Waals surface area contributed by atoms with E-state index in [2.05, 4.69) is 10.2 Å². The van der Waals surface area contributed by atoms with Crippen molar-refractivity contribution in [1.29, 1.82) is 0 Å². The highest BCUT2D eigenvalue weighted by molar-refractivity contribution is 7.89. The molecule has 0 aliphatic carbocycles. The van der Waals surface area contributed by atoms with Crippen LogP contribution in [-0.2, 0) is 14.8 Å². The number of rotatable bonds is 3. The number of amides is 1. The molecular weight excluding hydrogens is 256 g/mol. The normalized spacial score (nSPS) is 25.4. The van der Waals surface area contributed by atoms with Gasteiger partial charge in [0.15, 0.2) is 0 Å². The Hall–Kier alpha value is -1.41. The highest BCUT2D eigenvalue weighted by Gasteiger charge is 2.44. The first-order valence-electron chi connectivity index (χ1n) is 5.57. The lowest BCUT2D eigenvalue weighted by Crippen LogP contribution is -2.38. The number of aromatic nitrogens is 2. The van der Waals surface area contributed by atoms with Crippen LogP contribution in [0, 0.1) is 12.3 Å². The van der Waals surface area contributed by atoms with Crippen LogP contribution in [0.1, 0.15) is 19.0 Å². The van der Waals surface area contributed by atoms with Gasteiger partial charge in [-0.2, -0.15) is 9.40 Å². The Bertz CT molecular complexity index is 580. The largest absolute Gasteiger partial charge is 0.369 e.